The second-order valence-electron chi connectivity index (χ2n) is 12.9. The van der Waals surface area contributed by atoms with Crippen molar-refractivity contribution in [2.45, 2.75) is 91.3 Å². The average Bonchev–Trinajstić information content (AvgIpc) is 3.66. The lowest BCUT2D eigenvalue weighted by atomic mass is 9.96. The predicted molar refractivity (Wildman–Crippen MR) is 160 cm³/mol. The Morgan fingerprint density at radius 3 is 2.59 bits per heavy atom. The number of alkyl halides is 1. The number of hydrogen-bond donors (Lipinski definition) is 2. The molecule has 4 aromatic rings. The van der Waals surface area contributed by atoms with E-state index in [1.165, 1.54) is 0 Å². The Morgan fingerprint density at radius 2 is 1.93 bits per heavy atom. The first kappa shape index (κ1) is 28.9. The van der Waals surface area contributed by atoms with E-state index in [-0.39, 0.29) is 29.6 Å². The van der Waals surface area contributed by atoms with Crippen LogP contribution in [0.4, 0.5) is 10.1 Å². The van der Waals surface area contributed by atoms with Crippen LogP contribution < -0.4 is 10.6 Å². The zero-order valence-corrected chi connectivity index (χ0v) is 25.2. The second kappa shape index (κ2) is 11.0. The molecule has 1 aliphatic rings. The molecule has 1 aliphatic heterocycles. The number of halogens is 1. The zero-order chi connectivity index (χ0) is 29.5. The molecule has 0 spiro atoms. The van der Waals surface area contributed by atoms with Gasteiger partial charge in [0, 0.05) is 54.2 Å². The summed E-state index contributed by atoms with van der Waals surface area (Å²) >= 11 is 0. The number of nitrogens with one attached hydrogen (secondary N) is 2. The van der Waals surface area contributed by atoms with Gasteiger partial charge in [0.15, 0.2) is 0 Å². The number of carbonyl (C=O) groups is 1. The Labute approximate surface area is 241 Å². The predicted octanol–water partition coefficient (Wildman–Crippen LogP) is 5.82. The molecule has 5 rings (SSSR count). The molecule has 41 heavy (non-hydrogen) atoms. The molecule has 2 atom stereocenters. The van der Waals surface area contributed by atoms with Crippen molar-refractivity contribution in [3.63, 3.8) is 0 Å². The number of rotatable bonds is 7. The van der Waals surface area contributed by atoms with Crippen LogP contribution in [0, 0.1) is 0 Å². The van der Waals surface area contributed by atoms with Gasteiger partial charge in [0.2, 0.25) is 11.7 Å². The first-order chi connectivity index (χ1) is 19.3. The summed E-state index contributed by atoms with van der Waals surface area (Å²) in [5.74, 6) is 0.561. The lowest BCUT2D eigenvalue weighted by Crippen LogP contribution is -2.54. The van der Waals surface area contributed by atoms with Crippen molar-refractivity contribution in [2.75, 3.05) is 18.4 Å². The molecule has 0 saturated carbocycles. The zero-order valence-electron chi connectivity index (χ0n) is 25.2. The van der Waals surface area contributed by atoms with Gasteiger partial charge in [0.25, 0.3) is 5.91 Å². The van der Waals surface area contributed by atoms with Crippen LogP contribution >= 0.6 is 0 Å². The molecule has 3 aromatic heterocycles. The number of nitrogens with zero attached hydrogens (tertiary/aromatic N) is 5. The fraction of sp³-hybridized carbons (Fsp3) is 0.516. The molecule has 0 unspecified atom stereocenters. The van der Waals surface area contributed by atoms with E-state index >= 15 is 4.39 Å². The molecule has 1 saturated heterocycles. The number of fused-ring (bicyclic) bond motifs is 1. The van der Waals surface area contributed by atoms with Crippen molar-refractivity contribution in [1.82, 2.24) is 29.5 Å². The molecule has 1 amide bonds. The van der Waals surface area contributed by atoms with E-state index in [0.29, 0.717) is 30.4 Å². The summed E-state index contributed by atoms with van der Waals surface area (Å²) in [4.78, 5) is 19.5. The molecule has 0 aliphatic carbocycles. The van der Waals surface area contributed by atoms with E-state index < -0.39 is 6.17 Å². The number of anilines is 1. The Morgan fingerprint density at radius 1 is 1.15 bits per heavy atom. The number of aromatic nitrogens is 4. The van der Waals surface area contributed by atoms with Gasteiger partial charge in [-0.25, -0.2) is 4.39 Å². The number of aryl methyl sites for hydroxylation is 1. The second-order valence-corrected chi connectivity index (χ2v) is 12.9. The summed E-state index contributed by atoms with van der Waals surface area (Å²) in [6.07, 6.45) is 3.50. The molecule has 2 N–H and O–H groups in total. The largest absolute Gasteiger partial charge is 0.379 e. The van der Waals surface area contributed by atoms with E-state index in [1.807, 2.05) is 41.2 Å². The minimum atomic E-state index is -0.965. The van der Waals surface area contributed by atoms with Gasteiger partial charge in [0.1, 0.15) is 6.17 Å². The van der Waals surface area contributed by atoms with Crippen LogP contribution in [0.3, 0.4) is 0 Å². The average molecular weight is 564 g/mol. The fourth-order valence-corrected chi connectivity index (χ4v) is 5.45. The first-order valence-electron chi connectivity index (χ1n) is 14.4. The summed E-state index contributed by atoms with van der Waals surface area (Å²) in [5, 5.41) is 11.6. The molecular weight excluding hydrogens is 521 g/mol. The van der Waals surface area contributed by atoms with Crippen molar-refractivity contribution in [2.24, 2.45) is 0 Å². The monoisotopic (exact) mass is 563 g/mol. The standard InChI is InChI=1S/C31H42FN7O2/c1-8-39-25-11-9-10-23(34-24-13-15-38(19-22(24)32)31(5,6)7)21(25)16-26(39)28-35-27(41-36-28)17-33-29(40)20-12-14-37(18-20)30(2,3)4/h9-12,14,16,18,22,24,34H,8,13,15,17,19H2,1-7H3,(H,33,40)/t22-,24-/m1/s1. The normalized spacial score (nSPS) is 18.6. The van der Waals surface area contributed by atoms with Gasteiger partial charge in [-0.1, -0.05) is 11.2 Å². The van der Waals surface area contributed by atoms with Crippen LogP contribution in [0.15, 0.2) is 47.2 Å². The molecular formula is C31H42FN7O2. The Balaban J connectivity index is 1.32. The van der Waals surface area contributed by atoms with Crippen molar-refractivity contribution in [3.05, 3.63) is 54.2 Å². The number of likely N-dealkylation sites (tertiary alicyclic amines) is 1. The van der Waals surface area contributed by atoms with Gasteiger partial charge in [-0.3, -0.25) is 9.69 Å². The SMILES string of the molecule is CCn1c(-c2noc(CNC(=O)c3ccn(C(C)(C)C)c3)n2)cc2c(N[C@@H]3CCN(C(C)(C)C)C[C@H]3F)cccc21. The molecule has 220 valence electrons. The fourth-order valence-electron chi connectivity index (χ4n) is 5.45. The maximum atomic E-state index is 15.3. The summed E-state index contributed by atoms with van der Waals surface area (Å²) in [5.41, 5.74) is 3.13. The van der Waals surface area contributed by atoms with E-state index in [0.717, 1.165) is 35.2 Å². The van der Waals surface area contributed by atoms with E-state index in [1.54, 1.807) is 6.07 Å². The summed E-state index contributed by atoms with van der Waals surface area (Å²) < 4.78 is 24.9. The molecule has 9 nitrogen and oxygen atoms in total. The quantitative estimate of drug-likeness (QED) is 0.294. The van der Waals surface area contributed by atoms with Crippen LogP contribution in [0.1, 0.15) is 71.1 Å². The molecule has 1 fully saturated rings. The van der Waals surface area contributed by atoms with E-state index in [2.05, 4.69) is 78.7 Å². The molecule has 0 radical (unpaired) electrons. The smallest absolute Gasteiger partial charge is 0.253 e. The lowest BCUT2D eigenvalue weighted by molar-refractivity contribution is 0.0554. The highest BCUT2D eigenvalue weighted by Gasteiger charge is 2.34. The third kappa shape index (κ3) is 6.02. The summed E-state index contributed by atoms with van der Waals surface area (Å²) in [6, 6.07) is 9.61. The van der Waals surface area contributed by atoms with Gasteiger partial charge in [0.05, 0.1) is 29.4 Å². The van der Waals surface area contributed by atoms with Gasteiger partial charge >= 0.3 is 0 Å². The van der Waals surface area contributed by atoms with E-state index in [9.17, 15) is 4.79 Å². The number of piperidine rings is 1. The molecule has 10 heteroatoms. The third-order valence-corrected chi connectivity index (χ3v) is 7.92. The van der Waals surface area contributed by atoms with Crippen LogP contribution in [0.25, 0.3) is 22.4 Å². The van der Waals surface area contributed by atoms with Gasteiger partial charge in [-0.2, -0.15) is 4.98 Å². The highest BCUT2D eigenvalue weighted by atomic mass is 19.1. The third-order valence-electron chi connectivity index (χ3n) is 7.92. The van der Waals surface area contributed by atoms with Crippen LogP contribution in [0.5, 0.6) is 0 Å². The minimum absolute atomic E-state index is 0.0485. The number of carbonyl (C=O) groups excluding carboxylic acids is 1. The van der Waals surface area contributed by atoms with Crippen molar-refractivity contribution in [3.8, 4) is 11.5 Å². The number of hydrogen-bond acceptors (Lipinski definition) is 6. The van der Waals surface area contributed by atoms with Crippen molar-refractivity contribution >= 4 is 22.5 Å². The first-order valence-corrected chi connectivity index (χ1v) is 14.4. The Kier molecular flexibility index (Phi) is 7.72. The van der Waals surface area contributed by atoms with Crippen LogP contribution in [0.2, 0.25) is 0 Å². The van der Waals surface area contributed by atoms with E-state index in [4.69, 9.17) is 4.52 Å². The highest BCUT2D eigenvalue weighted by Crippen LogP contribution is 2.33. The molecule has 0 bridgehead atoms. The van der Waals surface area contributed by atoms with Gasteiger partial charge in [-0.05, 0) is 79.2 Å². The number of benzene rings is 1. The van der Waals surface area contributed by atoms with Crippen LogP contribution in [-0.2, 0) is 18.6 Å². The van der Waals surface area contributed by atoms with Crippen molar-refractivity contribution < 1.29 is 13.7 Å². The lowest BCUT2D eigenvalue weighted by Gasteiger charge is -2.42. The highest BCUT2D eigenvalue weighted by molar-refractivity contribution is 5.96. The van der Waals surface area contributed by atoms with Crippen molar-refractivity contribution in [1.29, 1.82) is 0 Å². The molecule has 1 aromatic carbocycles. The molecule has 4 heterocycles. The Hall–Kier alpha value is -3.66. The van der Waals surface area contributed by atoms with Gasteiger partial charge in [-0.15, -0.1) is 0 Å². The minimum Gasteiger partial charge on any atom is -0.379 e. The number of amides is 1. The maximum Gasteiger partial charge on any atom is 0.253 e. The summed E-state index contributed by atoms with van der Waals surface area (Å²) in [6.45, 7) is 16.8. The van der Waals surface area contributed by atoms with Crippen LogP contribution in [-0.4, -0.2) is 60.9 Å². The Bertz CT molecular complexity index is 1520. The summed E-state index contributed by atoms with van der Waals surface area (Å²) in [7, 11) is 0. The maximum absolute atomic E-state index is 15.3. The van der Waals surface area contributed by atoms with Gasteiger partial charge < -0.3 is 24.3 Å². The topological polar surface area (TPSA) is 93.2 Å².